The van der Waals surface area contributed by atoms with Gasteiger partial charge in [0.05, 0.1) is 79.3 Å². The Hall–Kier alpha value is -1.54. The minimum absolute atomic E-state index is 0.164. The lowest BCUT2D eigenvalue weighted by atomic mass is 9.94. The molecule has 32 heavy (non-hydrogen) atoms. The van der Waals surface area contributed by atoms with Crippen molar-refractivity contribution in [2.75, 3.05) is 106 Å². The summed E-state index contributed by atoms with van der Waals surface area (Å²) >= 11 is 0. The van der Waals surface area contributed by atoms with Gasteiger partial charge < -0.3 is 43.0 Å². The van der Waals surface area contributed by atoms with E-state index in [-0.39, 0.29) is 19.9 Å². The Morgan fingerprint density at radius 2 is 1.28 bits per heavy atom. The third-order valence-electron chi connectivity index (χ3n) is 3.67. The third kappa shape index (κ3) is 21.7. The first-order valence-electron chi connectivity index (χ1n) is 10.3. The summed E-state index contributed by atoms with van der Waals surface area (Å²) in [6, 6.07) is 0. The highest BCUT2D eigenvalue weighted by Gasteiger charge is 2.26. The monoisotopic (exact) mass is 467 g/mol. The lowest BCUT2D eigenvalue weighted by Gasteiger charge is -2.28. The molecule has 0 rings (SSSR count). The van der Waals surface area contributed by atoms with Gasteiger partial charge in [0.15, 0.2) is 0 Å². The van der Waals surface area contributed by atoms with Crippen LogP contribution in [0.3, 0.4) is 0 Å². The molecule has 188 valence electrons. The van der Waals surface area contributed by atoms with Crippen molar-refractivity contribution in [1.29, 1.82) is 0 Å². The number of methoxy groups -OCH3 is 1. The summed E-state index contributed by atoms with van der Waals surface area (Å²) in [7, 11) is 1.56. The van der Waals surface area contributed by atoms with Crippen LogP contribution in [0.1, 0.15) is 6.92 Å². The van der Waals surface area contributed by atoms with Gasteiger partial charge >= 0.3 is 5.97 Å². The molecule has 0 amide bonds. The Kier molecular flexibility index (Phi) is 21.6. The van der Waals surface area contributed by atoms with Crippen LogP contribution in [-0.4, -0.2) is 117 Å². The van der Waals surface area contributed by atoms with Gasteiger partial charge in [-0.25, -0.2) is 4.79 Å². The summed E-state index contributed by atoms with van der Waals surface area (Å²) in [5.74, 6) is -1.04. The minimum Gasteiger partial charge on any atom is -0.480 e. The molecule has 1 N–H and O–H groups in total. The van der Waals surface area contributed by atoms with E-state index in [1.165, 1.54) is 0 Å². The molecule has 1 unspecified atom stereocenters. The van der Waals surface area contributed by atoms with Gasteiger partial charge in [-0.2, -0.15) is 0 Å². The van der Waals surface area contributed by atoms with Crippen LogP contribution in [-0.2, 0) is 42.7 Å². The highest BCUT2D eigenvalue weighted by atomic mass is 16.7. The summed E-state index contributed by atoms with van der Waals surface area (Å²) in [5.41, 5.74) is 7.65. The van der Waals surface area contributed by atoms with Crippen molar-refractivity contribution >= 4 is 5.97 Å². The second-order valence-corrected chi connectivity index (χ2v) is 6.91. The number of carboxylic acids is 1. The van der Waals surface area contributed by atoms with Crippen LogP contribution < -0.4 is 0 Å². The summed E-state index contributed by atoms with van der Waals surface area (Å²) in [5, 5.41) is 12.1. The quantitative estimate of drug-likeness (QED) is 0.0677. The number of ether oxygens (including phenoxy) is 8. The van der Waals surface area contributed by atoms with Crippen molar-refractivity contribution in [3.05, 3.63) is 10.4 Å². The molecule has 0 saturated heterocycles. The molecule has 0 aromatic carbocycles. The standard InChI is InChI=1S/C19H37N3O10/c1-19(16-32-13-18(23)24,14-29-10-7-26-4-3-21-22-20)15-30-11-8-27-5-6-28-9-12-31-17-25-2/h3-17H2,1-2H3,(H,23,24). The first-order valence-corrected chi connectivity index (χ1v) is 10.3. The van der Waals surface area contributed by atoms with Crippen LogP contribution in [0.5, 0.6) is 0 Å². The number of carbonyl (C=O) groups is 1. The molecule has 0 radical (unpaired) electrons. The predicted molar refractivity (Wildman–Crippen MR) is 112 cm³/mol. The van der Waals surface area contributed by atoms with Gasteiger partial charge in [0.25, 0.3) is 0 Å². The number of azide groups is 1. The van der Waals surface area contributed by atoms with Crippen molar-refractivity contribution in [3.63, 3.8) is 0 Å². The molecule has 13 nitrogen and oxygen atoms in total. The predicted octanol–water partition coefficient (Wildman–Crippen LogP) is 1.11. The number of aliphatic carboxylic acids is 1. The summed E-state index contributed by atoms with van der Waals surface area (Å²) < 4.78 is 42.4. The van der Waals surface area contributed by atoms with Gasteiger partial charge in [-0.05, 0) is 5.53 Å². The van der Waals surface area contributed by atoms with Gasteiger partial charge in [-0.3, -0.25) is 0 Å². The zero-order valence-corrected chi connectivity index (χ0v) is 19.1. The van der Waals surface area contributed by atoms with E-state index in [2.05, 4.69) is 10.0 Å². The number of hydrogen-bond donors (Lipinski definition) is 1. The summed E-state index contributed by atoms with van der Waals surface area (Å²) in [4.78, 5) is 13.3. The average Bonchev–Trinajstić information content (AvgIpc) is 2.76. The molecule has 0 aliphatic heterocycles. The van der Waals surface area contributed by atoms with E-state index in [0.717, 1.165) is 0 Å². The Morgan fingerprint density at radius 3 is 1.78 bits per heavy atom. The highest BCUT2D eigenvalue weighted by molar-refractivity contribution is 5.67. The van der Waals surface area contributed by atoms with E-state index in [0.29, 0.717) is 72.7 Å². The highest BCUT2D eigenvalue weighted by Crippen LogP contribution is 2.18. The molecule has 0 aliphatic rings. The van der Waals surface area contributed by atoms with Gasteiger partial charge in [-0.15, -0.1) is 0 Å². The van der Waals surface area contributed by atoms with E-state index in [4.69, 9.17) is 48.5 Å². The SMILES string of the molecule is COCOCCOCCOCCOCC(C)(COCCOCCN=[N+]=[N-])COCC(=O)O. The molecule has 13 heteroatoms. The maximum atomic E-state index is 10.7. The Bertz CT molecular complexity index is 494. The molecular weight excluding hydrogens is 430 g/mol. The van der Waals surface area contributed by atoms with Crippen molar-refractivity contribution < 1.29 is 47.8 Å². The normalized spacial score (nSPS) is 12.9. The maximum absolute atomic E-state index is 10.7. The van der Waals surface area contributed by atoms with Crippen LogP contribution in [0.2, 0.25) is 0 Å². The molecule has 0 saturated carbocycles. The zero-order chi connectivity index (χ0) is 23.8. The first kappa shape index (κ1) is 30.5. The largest absolute Gasteiger partial charge is 0.480 e. The molecule has 0 spiro atoms. The van der Waals surface area contributed by atoms with Crippen LogP contribution in [0.25, 0.3) is 10.4 Å². The van der Waals surface area contributed by atoms with E-state index in [1.54, 1.807) is 7.11 Å². The number of nitrogens with zero attached hydrogens (tertiary/aromatic N) is 3. The molecule has 0 aromatic rings. The van der Waals surface area contributed by atoms with E-state index >= 15 is 0 Å². The van der Waals surface area contributed by atoms with Crippen LogP contribution in [0.4, 0.5) is 0 Å². The van der Waals surface area contributed by atoms with Gasteiger partial charge in [-0.1, -0.05) is 12.0 Å². The minimum atomic E-state index is -1.04. The Morgan fingerprint density at radius 1 is 0.812 bits per heavy atom. The molecule has 1 atom stereocenters. The molecule has 0 aliphatic carbocycles. The fraction of sp³-hybridized carbons (Fsp3) is 0.947. The molecule has 0 bridgehead atoms. The van der Waals surface area contributed by atoms with Crippen molar-refractivity contribution in [2.24, 2.45) is 10.5 Å². The zero-order valence-electron chi connectivity index (χ0n) is 19.1. The van der Waals surface area contributed by atoms with Crippen molar-refractivity contribution in [2.45, 2.75) is 6.92 Å². The Labute approximate surface area is 188 Å². The van der Waals surface area contributed by atoms with Crippen molar-refractivity contribution in [3.8, 4) is 0 Å². The smallest absolute Gasteiger partial charge is 0.329 e. The molecule has 0 fully saturated rings. The van der Waals surface area contributed by atoms with Crippen molar-refractivity contribution in [1.82, 2.24) is 0 Å². The van der Waals surface area contributed by atoms with Gasteiger partial charge in [0.1, 0.15) is 13.4 Å². The van der Waals surface area contributed by atoms with Crippen LogP contribution in [0.15, 0.2) is 5.11 Å². The topological polar surface area (TPSA) is 160 Å². The lowest BCUT2D eigenvalue weighted by molar-refractivity contribution is -0.145. The second kappa shape index (κ2) is 22.6. The fourth-order valence-corrected chi connectivity index (χ4v) is 2.22. The third-order valence-corrected chi connectivity index (χ3v) is 3.67. The molecule has 0 heterocycles. The first-order chi connectivity index (χ1) is 15.5. The maximum Gasteiger partial charge on any atom is 0.329 e. The van der Waals surface area contributed by atoms with E-state index < -0.39 is 18.0 Å². The summed E-state index contributed by atoms with van der Waals surface area (Å²) in [6.45, 7) is 6.38. The van der Waals surface area contributed by atoms with E-state index in [1.807, 2.05) is 6.92 Å². The fourth-order valence-electron chi connectivity index (χ4n) is 2.22. The van der Waals surface area contributed by atoms with E-state index in [9.17, 15) is 4.79 Å². The second-order valence-electron chi connectivity index (χ2n) is 6.91. The van der Waals surface area contributed by atoms with Crippen LogP contribution >= 0.6 is 0 Å². The number of rotatable bonds is 25. The van der Waals surface area contributed by atoms with Gasteiger partial charge in [0.2, 0.25) is 0 Å². The average molecular weight is 468 g/mol. The summed E-state index contributed by atoms with van der Waals surface area (Å²) in [6.07, 6.45) is 0. The number of carboxylic acid groups (broad SMARTS) is 1. The van der Waals surface area contributed by atoms with Gasteiger partial charge in [0, 0.05) is 24.0 Å². The molecule has 0 aromatic heterocycles. The molecular formula is C19H37N3O10. The lowest BCUT2D eigenvalue weighted by Crippen LogP contribution is -2.36. The van der Waals surface area contributed by atoms with Crippen LogP contribution in [0, 0.1) is 5.41 Å². The number of hydrogen-bond acceptors (Lipinski definition) is 10. The Balaban J connectivity index is 3.92.